The van der Waals surface area contributed by atoms with Crippen molar-refractivity contribution < 1.29 is 8.42 Å². The van der Waals surface area contributed by atoms with Gasteiger partial charge in [0, 0.05) is 7.05 Å². The zero-order valence-corrected chi connectivity index (χ0v) is 12.8. The Kier molecular flexibility index (Phi) is 3.92. The maximum Gasteiger partial charge on any atom is 0.241 e. The summed E-state index contributed by atoms with van der Waals surface area (Å²) in [6.07, 6.45) is 1.54. The highest BCUT2D eigenvalue weighted by molar-refractivity contribution is 7.89. The van der Waals surface area contributed by atoms with Crippen LogP contribution in [0.1, 0.15) is 29.9 Å². The van der Waals surface area contributed by atoms with Crippen molar-refractivity contribution in [3.63, 3.8) is 0 Å². The Hall–Kier alpha value is -1.73. The van der Waals surface area contributed by atoms with E-state index < -0.39 is 16.1 Å². The molecule has 1 N–H and O–H groups in total. The molecule has 6 nitrogen and oxygen atoms in total. The van der Waals surface area contributed by atoms with Crippen LogP contribution in [0, 0.1) is 13.8 Å². The van der Waals surface area contributed by atoms with Gasteiger partial charge in [0.25, 0.3) is 0 Å². The summed E-state index contributed by atoms with van der Waals surface area (Å²) in [6.45, 7) is 5.39. The summed E-state index contributed by atoms with van der Waals surface area (Å²) in [5, 5.41) is 7.67. The first-order valence-corrected chi connectivity index (χ1v) is 7.73. The zero-order valence-electron chi connectivity index (χ0n) is 12.0. The van der Waals surface area contributed by atoms with Crippen LogP contribution in [0.15, 0.2) is 29.4 Å². The number of aromatic nitrogens is 3. The molecule has 0 unspecified atom stereocenters. The number of aryl methyl sites for hydroxylation is 3. The first-order valence-electron chi connectivity index (χ1n) is 6.25. The fourth-order valence-electron chi connectivity index (χ4n) is 2.03. The third kappa shape index (κ3) is 2.88. The molecule has 0 fully saturated rings. The van der Waals surface area contributed by atoms with Crippen molar-refractivity contribution in [3.8, 4) is 0 Å². The minimum absolute atomic E-state index is 0.298. The monoisotopic (exact) mass is 294 g/mol. The predicted octanol–water partition coefficient (Wildman–Crippen LogP) is 1.47. The van der Waals surface area contributed by atoms with Gasteiger partial charge < -0.3 is 4.57 Å². The number of rotatable bonds is 4. The topological polar surface area (TPSA) is 76.9 Å². The predicted molar refractivity (Wildman–Crippen MR) is 75.7 cm³/mol. The van der Waals surface area contributed by atoms with Gasteiger partial charge in [-0.1, -0.05) is 12.1 Å². The Balaban J connectivity index is 2.32. The molecule has 7 heteroatoms. The molecule has 1 aromatic heterocycles. The number of nitrogens with one attached hydrogen (secondary N) is 1. The third-order valence-corrected chi connectivity index (χ3v) is 4.78. The van der Waals surface area contributed by atoms with E-state index in [2.05, 4.69) is 14.9 Å². The van der Waals surface area contributed by atoms with Crippen LogP contribution in [0.3, 0.4) is 0 Å². The Bertz CT molecular complexity index is 722. The van der Waals surface area contributed by atoms with Crippen molar-refractivity contribution in [1.29, 1.82) is 0 Å². The van der Waals surface area contributed by atoms with Crippen LogP contribution in [0.25, 0.3) is 0 Å². The zero-order chi connectivity index (χ0) is 14.9. The highest BCUT2D eigenvalue weighted by Crippen LogP contribution is 2.19. The van der Waals surface area contributed by atoms with Gasteiger partial charge in [0.15, 0.2) is 0 Å². The Labute approximate surface area is 118 Å². The van der Waals surface area contributed by atoms with E-state index in [0.29, 0.717) is 16.3 Å². The van der Waals surface area contributed by atoms with E-state index in [4.69, 9.17) is 0 Å². The lowest BCUT2D eigenvalue weighted by molar-refractivity contribution is 0.552. The fraction of sp³-hybridized carbons (Fsp3) is 0.385. The van der Waals surface area contributed by atoms with E-state index in [1.807, 2.05) is 13.0 Å². The van der Waals surface area contributed by atoms with Crippen molar-refractivity contribution in [2.75, 3.05) is 0 Å². The van der Waals surface area contributed by atoms with Crippen LogP contribution in [-0.4, -0.2) is 23.2 Å². The molecule has 1 atom stereocenters. The number of hydrogen-bond donors (Lipinski definition) is 1. The molecule has 0 bridgehead atoms. The van der Waals surface area contributed by atoms with Crippen LogP contribution >= 0.6 is 0 Å². The molecule has 0 spiro atoms. The van der Waals surface area contributed by atoms with Gasteiger partial charge in [0.2, 0.25) is 10.0 Å². The average molecular weight is 294 g/mol. The highest BCUT2D eigenvalue weighted by atomic mass is 32.2. The van der Waals surface area contributed by atoms with E-state index in [0.717, 1.165) is 5.56 Å². The van der Waals surface area contributed by atoms with Gasteiger partial charge in [-0.3, -0.25) is 0 Å². The molecule has 0 aliphatic rings. The van der Waals surface area contributed by atoms with Crippen molar-refractivity contribution in [2.45, 2.75) is 31.7 Å². The maximum atomic E-state index is 12.5. The summed E-state index contributed by atoms with van der Waals surface area (Å²) >= 11 is 0. The SMILES string of the molecule is Cc1ccc(C)c(S(=O)(=O)N[C@H](C)c2nncn2C)c1. The molecule has 0 radical (unpaired) electrons. The van der Waals surface area contributed by atoms with E-state index in [1.54, 1.807) is 37.6 Å². The molecule has 0 aliphatic heterocycles. The van der Waals surface area contributed by atoms with Crippen molar-refractivity contribution in [3.05, 3.63) is 41.5 Å². The van der Waals surface area contributed by atoms with E-state index in [-0.39, 0.29) is 0 Å². The van der Waals surface area contributed by atoms with Gasteiger partial charge in [-0.2, -0.15) is 0 Å². The van der Waals surface area contributed by atoms with Crippen LogP contribution in [0.4, 0.5) is 0 Å². The summed E-state index contributed by atoms with van der Waals surface area (Å²) in [7, 11) is -1.81. The van der Waals surface area contributed by atoms with Gasteiger partial charge in [-0.05, 0) is 38.0 Å². The number of hydrogen-bond acceptors (Lipinski definition) is 4. The summed E-state index contributed by atoms with van der Waals surface area (Å²) < 4.78 is 29.2. The summed E-state index contributed by atoms with van der Waals surface area (Å²) in [6, 6.07) is 4.91. The number of sulfonamides is 1. The third-order valence-electron chi connectivity index (χ3n) is 3.10. The Morgan fingerprint density at radius 2 is 2.00 bits per heavy atom. The molecule has 0 amide bonds. The van der Waals surface area contributed by atoms with E-state index in [1.165, 1.54) is 6.33 Å². The highest BCUT2D eigenvalue weighted by Gasteiger charge is 2.22. The lowest BCUT2D eigenvalue weighted by atomic mass is 10.2. The van der Waals surface area contributed by atoms with Crippen LogP contribution in [0.2, 0.25) is 0 Å². The standard InChI is InChI=1S/C13H18N4O2S/c1-9-5-6-10(2)12(7-9)20(18,19)16-11(3)13-15-14-8-17(13)4/h5-8,11,16H,1-4H3/t11-/m1/s1. The second-order valence-electron chi connectivity index (χ2n) is 4.91. The molecule has 0 saturated heterocycles. The van der Waals surface area contributed by atoms with Gasteiger partial charge >= 0.3 is 0 Å². The molecular formula is C13H18N4O2S. The Morgan fingerprint density at radius 1 is 1.30 bits per heavy atom. The van der Waals surface area contributed by atoms with Crippen molar-refractivity contribution >= 4 is 10.0 Å². The van der Waals surface area contributed by atoms with Crippen LogP contribution in [-0.2, 0) is 17.1 Å². The maximum absolute atomic E-state index is 12.5. The van der Waals surface area contributed by atoms with Gasteiger partial charge in [0.05, 0.1) is 10.9 Å². The minimum Gasteiger partial charge on any atom is -0.319 e. The van der Waals surface area contributed by atoms with Crippen LogP contribution < -0.4 is 4.72 Å². The quantitative estimate of drug-likeness (QED) is 0.926. The fourth-order valence-corrected chi connectivity index (χ4v) is 3.56. The summed E-state index contributed by atoms with van der Waals surface area (Å²) in [5.41, 5.74) is 1.62. The molecule has 108 valence electrons. The first kappa shape index (κ1) is 14.7. The molecule has 2 rings (SSSR count). The molecule has 0 saturated carbocycles. The van der Waals surface area contributed by atoms with Crippen molar-refractivity contribution in [1.82, 2.24) is 19.5 Å². The second-order valence-corrected chi connectivity index (χ2v) is 6.59. The molecule has 2 aromatic rings. The average Bonchev–Trinajstić information content (AvgIpc) is 2.78. The largest absolute Gasteiger partial charge is 0.319 e. The minimum atomic E-state index is -3.59. The smallest absolute Gasteiger partial charge is 0.241 e. The molecular weight excluding hydrogens is 276 g/mol. The first-order chi connectivity index (χ1) is 9.31. The lowest BCUT2D eigenvalue weighted by Gasteiger charge is -2.15. The lowest BCUT2D eigenvalue weighted by Crippen LogP contribution is -2.29. The molecule has 20 heavy (non-hydrogen) atoms. The summed E-state index contributed by atoms with van der Waals surface area (Å²) in [4.78, 5) is 0.298. The van der Waals surface area contributed by atoms with Crippen LogP contribution in [0.5, 0.6) is 0 Å². The second kappa shape index (κ2) is 5.34. The van der Waals surface area contributed by atoms with Gasteiger partial charge in [-0.15, -0.1) is 10.2 Å². The van der Waals surface area contributed by atoms with E-state index in [9.17, 15) is 8.42 Å². The number of nitrogens with zero attached hydrogens (tertiary/aromatic N) is 3. The molecule has 0 aliphatic carbocycles. The Morgan fingerprint density at radius 3 is 2.60 bits per heavy atom. The number of benzene rings is 1. The summed E-state index contributed by atoms with van der Waals surface area (Å²) in [5.74, 6) is 0.568. The van der Waals surface area contributed by atoms with Gasteiger partial charge in [-0.25, -0.2) is 13.1 Å². The molecule has 1 heterocycles. The molecule has 1 aromatic carbocycles. The van der Waals surface area contributed by atoms with E-state index >= 15 is 0 Å². The van der Waals surface area contributed by atoms with Crippen molar-refractivity contribution in [2.24, 2.45) is 7.05 Å². The van der Waals surface area contributed by atoms with Gasteiger partial charge in [0.1, 0.15) is 12.2 Å². The normalized spacial score (nSPS) is 13.4.